The number of hydrogen-bond donors (Lipinski definition) is 0. The van der Waals surface area contributed by atoms with Gasteiger partial charge in [0.15, 0.2) is 5.82 Å². The number of carbonyl (C=O) groups excluding carboxylic acids is 1. The van der Waals surface area contributed by atoms with Crippen LogP contribution in [-0.2, 0) is 6.42 Å². The first-order valence-electron chi connectivity index (χ1n) is 11.4. The van der Waals surface area contributed by atoms with Crippen molar-refractivity contribution in [1.82, 2.24) is 29.7 Å². The van der Waals surface area contributed by atoms with Gasteiger partial charge in [0.2, 0.25) is 0 Å². The summed E-state index contributed by atoms with van der Waals surface area (Å²) in [7, 11) is 0. The molecule has 1 saturated heterocycles. The average Bonchev–Trinajstić information content (AvgIpc) is 3.48. The van der Waals surface area contributed by atoms with Crippen LogP contribution < -0.4 is 0 Å². The maximum absolute atomic E-state index is 14.5. The van der Waals surface area contributed by atoms with Crippen molar-refractivity contribution in [3.63, 3.8) is 0 Å². The van der Waals surface area contributed by atoms with Crippen molar-refractivity contribution >= 4 is 37.8 Å². The molecule has 0 saturated carbocycles. The van der Waals surface area contributed by atoms with E-state index in [1.54, 1.807) is 35.3 Å². The molecule has 4 aromatic rings. The lowest BCUT2D eigenvalue weighted by Crippen LogP contribution is -2.45. The third-order valence-corrected chi connectivity index (χ3v) is 7.50. The molecule has 1 aliphatic heterocycles. The number of piperidine rings is 1. The number of likely N-dealkylation sites (tertiary alicyclic amines) is 1. The number of amides is 1. The van der Waals surface area contributed by atoms with Crippen molar-refractivity contribution in [2.24, 2.45) is 0 Å². The Kier molecular flexibility index (Phi) is 6.84. The van der Waals surface area contributed by atoms with Crippen LogP contribution in [0.3, 0.4) is 0 Å². The zero-order chi connectivity index (χ0) is 24.5. The lowest BCUT2D eigenvalue weighted by atomic mass is 9.97. The summed E-state index contributed by atoms with van der Waals surface area (Å²) in [6.45, 7) is 2.60. The molecule has 1 unspecified atom stereocenters. The van der Waals surface area contributed by atoms with Gasteiger partial charge < -0.3 is 4.90 Å². The Balaban J connectivity index is 1.36. The van der Waals surface area contributed by atoms with E-state index in [9.17, 15) is 9.18 Å². The van der Waals surface area contributed by atoms with Gasteiger partial charge in [0.25, 0.3) is 5.91 Å². The van der Waals surface area contributed by atoms with Gasteiger partial charge in [0.1, 0.15) is 5.69 Å². The van der Waals surface area contributed by atoms with Crippen molar-refractivity contribution in [2.45, 2.75) is 38.6 Å². The minimum Gasteiger partial charge on any atom is -0.335 e. The van der Waals surface area contributed by atoms with Crippen LogP contribution >= 0.6 is 31.9 Å². The van der Waals surface area contributed by atoms with Gasteiger partial charge in [-0.3, -0.25) is 4.79 Å². The van der Waals surface area contributed by atoms with Crippen LogP contribution in [0.5, 0.6) is 0 Å². The van der Waals surface area contributed by atoms with Gasteiger partial charge in [0.05, 0.1) is 39.5 Å². The molecule has 7 nitrogen and oxygen atoms in total. The van der Waals surface area contributed by atoms with E-state index in [1.165, 1.54) is 4.68 Å². The zero-order valence-corrected chi connectivity index (χ0v) is 22.2. The van der Waals surface area contributed by atoms with Crippen molar-refractivity contribution in [3.8, 4) is 11.4 Å². The van der Waals surface area contributed by atoms with E-state index in [1.807, 2.05) is 36.1 Å². The van der Waals surface area contributed by atoms with Crippen LogP contribution in [0, 0.1) is 12.7 Å². The quantitative estimate of drug-likeness (QED) is 0.296. The first-order valence-corrected chi connectivity index (χ1v) is 13.0. The number of rotatable bonds is 5. The van der Waals surface area contributed by atoms with E-state index in [-0.39, 0.29) is 11.9 Å². The molecule has 2 aromatic carbocycles. The highest BCUT2D eigenvalue weighted by molar-refractivity contribution is 9.10. The van der Waals surface area contributed by atoms with Crippen molar-refractivity contribution in [3.05, 3.63) is 86.6 Å². The second-order valence-electron chi connectivity index (χ2n) is 8.61. The van der Waals surface area contributed by atoms with Crippen LogP contribution in [0.25, 0.3) is 11.4 Å². The average molecular weight is 602 g/mol. The molecule has 2 aromatic heterocycles. The normalized spacial score (nSPS) is 16.0. The molecule has 0 bridgehead atoms. The number of nitrogens with zero attached hydrogens (tertiary/aromatic N) is 6. The summed E-state index contributed by atoms with van der Waals surface area (Å²) in [5.41, 5.74) is 3.34. The molecular weight excluding hydrogens is 579 g/mol. The monoisotopic (exact) mass is 600 g/mol. The van der Waals surface area contributed by atoms with Gasteiger partial charge in [-0.2, -0.15) is 5.10 Å². The fourth-order valence-corrected chi connectivity index (χ4v) is 5.14. The Morgan fingerprint density at radius 2 is 1.94 bits per heavy atom. The van der Waals surface area contributed by atoms with Gasteiger partial charge >= 0.3 is 0 Å². The molecule has 1 fully saturated rings. The summed E-state index contributed by atoms with van der Waals surface area (Å²) in [5.74, 6) is -0.419. The van der Waals surface area contributed by atoms with Gasteiger partial charge in [-0.1, -0.05) is 27.2 Å². The largest absolute Gasteiger partial charge is 0.335 e. The lowest BCUT2D eigenvalue weighted by Gasteiger charge is -2.35. The van der Waals surface area contributed by atoms with E-state index >= 15 is 0 Å². The maximum Gasteiger partial charge on any atom is 0.257 e. The molecule has 180 valence electrons. The molecule has 10 heteroatoms. The van der Waals surface area contributed by atoms with Crippen LogP contribution in [-0.4, -0.2) is 48.2 Å². The summed E-state index contributed by atoms with van der Waals surface area (Å²) in [6.07, 6.45) is 6.82. The third kappa shape index (κ3) is 4.81. The molecule has 35 heavy (non-hydrogen) atoms. The standard InChI is InChI=1S/C25H23Br2FN6O/c1-16-21(14-29-34(16)19-10-8-17(26)9-11-19)25(35)32-12-3-2-5-20(32)13-18-15-33(31-30-18)23-7-4-6-22(27)24(23)28/h4,6-11,14-15,20H,2-3,5,12-13H2,1H3. The van der Waals surface area contributed by atoms with Crippen LogP contribution in [0.1, 0.15) is 41.0 Å². The number of carbonyl (C=O) groups is 1. The number of benzene rings is 2. The smallest absolute Gasteiger partial charge is 0.257 e. The van der Waals surface area contributed by atoms with Gasteiger partial charge in [0, 0.05) is 23.5 Å². The zero-order valence-electron chi connectivity index (χ0n) is 19.0. The highest BCUT2D eigenvalue weighted by Crippen LogP contribution is 2.26. The van der Waals surface area contributed by atoms with Crippen molar-refractivity contribution in [1.29, 1.82) is 0 Å². The van der Waals surface area contributed by atoms with E-state index in [0.717, 1.165) is 40.8 Å². The van der Waals surface area contributed by atoms with Crippen LogP contribution in [0.4, 0.5) is 4.39 Å². The number of aromatic nitrogens is 5. The third-order valence-electron chi connectivity index (χ3n) is 6.36. The predicted octanol–water partition coefficient (Wildman–Crippen LogP) is 5.66. The minimum absolute atomic E-state index is 0.0100. The molecule has 1 amide bonds. The van der Waals surface area contributed by atoms with Gasteiger partial charge in [-0.25, -0.2) is 13.8 Å². The summed E-state index contributed by atoms with van der Waals surface area (Å²) in [6, 6.07) is 12.9. The Labute approximate surface area is 219 Å². The lowest BCUT2D eigenvalue weighted by molar-refractivity contribution is 0.0611. The summed E-state index contributed by atoms with van der Waals surface area (Å²) < 4.78 is 19.1. The first kappa shape index (κ1) is 23.9. The number of halogens is 3. The molecule has 3 heterocycles. The van der Waals surface area contributed by atoms with Crippen molar-refractivity contribution < 1.29 is 9.18 Å². The second kappa shape index (κ2) is 10.0. The highest BCUT2D eigenvalue weighted by atomic mass is 79.9. The van der Waals surface area contributed by atoms with Gasteiger partial charge in [-0.15, -0.1) is 5.10 Å². The molecule has 1 atom stereocenters. The fourth-order valence-electron chi connectivity index (χ4n) is 4.52. The van der Waals surface area contributed by atoms with Gasteiger partial charge in [-0.05, 0) is 78.5 Å². The minimum atomic E-state index is -0.392. The second-order valence-corrected chi connectivity index (χ2v) is 10.4. The predicted molar refractivity (Wildman–Crippen MR) is 137 cm³/mol. The van der Waals surface area contributed by atoms with E-state index in [0.29, 0.717) is 28.7 Å². The Hall–Kier alpha value is -2.85. The SMILES string of the molecule is Cc1c(C(=O)N2CCCCC2Cc2cn(-c3cccc(Br)c3F)nn2)cnn1-c1ccc(Br)cc1. The number of hydrogen-bond acceptors (Lipinski definition) is 4. The maximum atomic E-state index is 14.5. The molecule has 5 rings (SSSR count). The van der Waals surface area contributed by atoms with Crippen LogP contribution in [0.15, 0.2) is 63.8 Å². The van der Waals surface area contributed by atoms with Crippen LogP contribution in [0.2, 0.25) is 0 Å². The highest BCUT2D eigenvalue weighted by Gasteiger charge is 2.30. The Bertz CT molecular complexity index is 1370. The molecule has 0 N–H and O–H groups in total. The fraction of sp³-hybridized carbons (Fsp3) is 0.280. The topological polar surface area (TPSA) is 68.8 Å². The molecular formula is C25H23Br2FN6O. The summed E-state index contributed by atoms with van der Waals surface area (Å²) >= 11 is 6.66. The Morgan fingerprint density at radius 1 is 1.14 bits per heavy atom. The summed E-state index contributed by atoms with van der Waals surface area (Å²) in [5, 5.41) is 12.9. The summed E-state index contributed by atoms with van der Waals surface area (Å²) in [4.78, 5) is 15.5. The van der Waals surface area contributed by atoms with E-state index in [2.05, 4.69) is 47.3 Å². The molecule has 0 aliphatic carbocycles. The first-order chi connectivity index (χ1) is 16.9. The Morgan fingerprint density at radius 3 is 2.74 bits per heavy atom. The van der Waals surface area contributed by atoms with E-state index < -0.39 is 5.82 Å². The van der Waals surface area contributed by atoms with Crippen molar-refractivity contribution in [2.75, 3.05) is 6.54 Å². The van der Waals surface area contributed by atoms with E-state index in [4.69, 9.17) is 0 Å². The molecule has 0 radical (unpaired) electrons. The molecule has 0 spiro atoms. The molecule has 1 aliphatic rings.